The summed E-state index contributed by atoms with van der Waals surface area (Å²) in [6.45, 7) is 6.12. The fourth-order valence-electron chi connectivity index (χ4n) is 1.75. The van der Waals surface area contributed by atoms with Crippen molar-refractivity contribution in [3.63, 3.8) is 0 Å². The van der Waals surface area contributed by atoms with Crippen LogP contribution in [0.25, 0.3) is 0 Å². The second-order valence-corrected chi connectivity index (χ2v) is 3.98. The molecule has 15 heavy (non-hydrogen) atoms. The van der Waals surface area contributed by atoms with Gasteiger partial charge in [-0.25, -0.2) is 4.98 Å². The van der Waals surface area contributed by atoms with Crippen LogP contribution in [0.4, 0.5) is 5.82 Å². The molecule has 1 aliphatic rings. The van der Waals surface area contributed by atoms with Gasteiger partial charge in [0.05, 0.1) is 0 Å². The molecule has 1 aromatic heterocycles. The van der Waals surface area contributed by atoms with E-state index in [1.165, 1.54) is 0 Å². The van der Waals surface area contributed by atoms with Crippen molar-refractivity contribution in [2.24, 2.45) is 5.73 Å². The van der Waals surface area contributed by atoms with E-state index in [2.05, 4.69) is 27.3 Å². The number of nitrogens with zero attached hydrogens (tertiary/aromatic N) is 2. The van der Waals surface area contributed by atoms with Gasteiger partial charge in [0.1, 0.15) is 5.82 Å². The fraction of sp³-hybridized carbons (Fsp3) is 0.545. The number of piperazine rings is 1. The monoisotopic (exact) mass is 206 g/mol. The van der Waals surface area contributed by atoms with Gasteiger partial charge >= 0.3 is 0 Å². The molecule has 1 aromatic rings. The Morgan fingerprint density at radius 3 is 2.67 bits per heavy atom. The molecule has 4 heteroatoms. The maximum Gasteiger partial charge on any atom is 0.128 e. The first-order valence-corrected chi connectivity index (χ1v) is 5.44. The number of aromatic nitrogens is 1. The van der Waals surface area contributed by atoms with Crippen LogP contribution in [0, 0.1) is 0 Å². The Morgan fingerprint density at radius 2 is 2.13 bits per heavy atom. The van der Waals surface area contributed by atoms with Crippen molar-refractivity contribution in [3.8, 4) is 0 Å². The number of rotatable bonds is 2. The van der Waals surface area contributed by atoms with Gasteiger partial charge in [0, 0.05) is 38.4 Å². The number of nitrogens with one attached hydrogen (secondary N) is 1. The van der Waals surface area contributed by atoms with Gasteiger partial charge in [-0.2, -0.15) is 0 Å². The third-order valence-corrected chi connectivity index (χ3v) is 2.74. The van der Waals surface area contributed by atoms with Crippen LogP contribution in [0.5, 0.6) is 0 Å². The van der Waals surface area contributed by atoms with Gasteiger partial charge in [-0.15, -0.1) is 0 Å². The van der Waals surface area contributed by atoms with Crippen LogP contribution in [0.15, 0.2) is 18.3 Å². The minimum atomic E-state index is 0.0644. The predicted molar refractivity (Wildman–Crippen MR) is 61.9 cm³/mol. The Morgan fingerprint density at radius 1 is 1.40 bits per heavy atom. The molecule has 0 spiro atoms. The van der Waals surface area contributed by atoms with Gasteiger partial charge in [-0.05, 0) is 18.6 Å². The standard InChI is InChI=1S/C11H18N4/c1-9(12)10-2-3-11(14-8-10)15-6-4-13-5-7-15/h2-3,8-9,13H,4-7,12H2,1H3/t9-/m1/s1. The number of hydrogen-bond donors (Lipinski definition) is 2. The molecule has 1 aliphatic heterocycles. The topological polar surface area (TPSA) is 54.2 Å². The molecule has 0 bridgehead atoms. The van der Waals surface area contributed by atoms with Crippen molar-refractivity contribution in [1.82, 2.24) is 10.3 Å². The summed E-state index contributed by atoms with van der Waals surface area (Å²) in [5, 5.41) is 3.32. The average molecular weight is 206 g/mol. The van der Waals surface area contributed by atoms with E-state index in [4.69, 9.17) is 5.73 Å². The van der Waals surface area contributed by atoms with Gasteiger partial charge in [-0.3, -0.25) is 0 Å². The minimum Gasteiger partial charge on any atom is -0.354 e. The molecule has 0 radical (unpaired) electrons. The number of pyridine rings is 1. The molecule has 0 aromatic carbocycles. The Kier molecular flexibility index (Phi) is 3.18. The summed E-state index contributed by atoms with van der Waals surface area (Å²) in [6.07, 6.45) is 1.88. The van der Waals surface area contributed by atoms with Crippen LogP contribution >= 0.6 is 0 Å². The highest BCUT2D eigenvalue weighted by Gasteiger charge is 2.11. The van der Waals surface area contributed by atoms with Crippen LogP contribution < -0.4 is 16.0 Å². The van der Waals surface area contributed by atoms with Crippen LogP contribution in [0.1, 0.15) is 18.5 Å². The zero-order valence-electron chi connectivity index (χ0n) is 9.11. The van der Waals surface area contributed by atoms with Crippen LogP contribution in [-0.2, 0) is 0 Å². The van der Waals surface area contributed by atoms with Gasteiger partial charge < -0.3 is 16.0 Å². The summed E-state index contributed by atoms with van der Waals surface area (Å²) in [5.41, 5.74) is 6.87. The lowest BCUT2D eigenvalue weighted by Crippen LogP contribution is -2.43. The number of nitrogens with two attached hydrogens (primary N) is 1. The van der Waals surface area contributed by atoms with E-state index in [1.54, 1.807) is 0 Å². The first-order chi connectivity index (χ1) is 7.27. The molecular formula is C11H18N4. The molecule has 3 N–H and O–H groups in total. The molecule has 1 saturated heterocycles. The highest BCUT2D eigenvalue weighted by Crippen LogP contribution is 2.14. The van der Waals surface area contributed by atoms with Gasteiger partial charge in [-0.1, -0.05) is 6.07 Å². The summed E-state index contributed by atoms with van der Waals surface area (Å²) in [5.74, 6) is 1.06. The van der Waals surface area contributed by atoms with E-state index in [0.29, 0.717) is 0 Å². The summed E-state index contributed by atoms with van der Waals surface area (Å²) < 4.78 is 0. The molecule has 82 valence electrons. The number of hydrogen-bond acceptors (Lipinski definition) is 4. The minimum absolute atomic E-state index is 0.0644. The summed E-state index contributed by atoms with van der Waals surface area (Å²) >= 11 is 0. The zero-order valence-corrected chi connectivity index (χ0v) is 9.11. The molecule has 4 nitrogen and oxygen atoms in total. The van der Waals surface area contributed by atoms with Crippen LogP contribution in [0.2, 0.25) is 0 Å². The largest absolute Gasteiger partial charge is 0.354 e. The second kappa shape index (κ2) is 4.59. The lowest BCUT2D eigenvalue weighted by molar-refractivity contribution is 0.584. The number of anilines is 1. The molecule has 2 heterocycles. The maximum absolute atomic E-state index is 5.78. The third kappa shape index (κ3) is 2.46. The van der Waals surface area contributed by atoms with E-state index in [-0.39, 0.29) is 6.04 Å². The van der Waals surface area contributed by atoms with E-state index < -0.39 is 0 Å². The van der Waals surface area contributed by atoms with Crippen molar-refractivity contribution in [1.29, 1.82) is 0 Å². The van der Waals surface area contributed by atoms with Gasteiger partial charge in [0.15, 0.2) is 0 Å². The Labute approximate surface area is 90.5 Å². The van der Waals surface area contributed by atoms with Gasteiger partial charge in [0.2, 0.25) is 0 Å². The van der Waals surface area contributed by atoms with Crippen molar-refractivity contribution >= 4 is 5.82 Å². The fourth-order valence-corrected chi connectivity index (χ4v) is 1.75. The molecule has 0 aliphatic carbocycles. The van der Waals surface area contributed by atoms with E-state index in [9.17, 15) is 0 Å². The highest BCUT2D eigenvalue weighted by atomic mass is 15.2. The highest BCUT2D eigenvalue weighted by molar-refractivity contribution is 5.40. The van der Waals surface area contributed by atoms with Crippen molar-refractivity contribution < 1.29 is 0 Å². The van der Waals surface area contributed by atoms with E-state index in [0.717, 1.165) is 37.6 Å². The average Bonchev–Trinajstić information content (AvgIpc) is 2.30. The molecule has 2 rings (SSSR count). The molecule has 0 saturated carbocycles. The SMILES string of the molecule is C[C@@H](N)c1ccc(N2CCNCC2)nc1. The molecule has 1 atom stereocenters. The maximum atomic E-state index is 5.78. The molecule has 0 amide bonds. The molecule has 1 fully saturated rings. The van der Waals surface area contributed by atoms with Crippen LogP contribution in [0.3, 0.4) is 0 Å². The first kappa shape index (κ1) is 10.4. The van der Waals surface area contributed by atoms with Crippen LogP contribution in [-0.4, -0.2) is 31.2 Å². The second-order valence-electron chi connectivity index (χ2n) is 3.98. The lowest BCUT2D eigenvalue weighted by atomic mass is 10.1. The first-order valence-electron chi connectivity index (χ1n) is 5.44. The van der Waals surface area contributed by atoms with Crippen molar-refractivity contribution in [2.75, 3.05) is 31.1 Å². The van der Waals surface area contributed by atoms with Crippen molar-refractivity contribution in [3.05, 3.63) is 23.9 Å². The summed E-state index contributed by atoms with van der Waals surface area (Å²) in [6, 6.07) is 4.19. The molecular weight excluding hydrogens is 188 g/mol. The van der Waals surface area contributed by atoms with Crippen molar-refractivity contribution in [2.45, 2.75) is 13.0 Å². The quantitative estimate of drug-likeness (QED) is 0.740. The summed E-state index contributed by atoms with van der Waals surface area (Å²) in [7, 11) is 0. The summed E-state index contributed by atoms with van der Waals surface area (Å²) in [4.78, 5) is 6.73. The lowest BCUT2D eigenvalue weighted by Gasteiger charge is -2.28. The molecule has 0 unspecified atom stereocenters. The Bertz CT molecular complexity index is 301. The van der Waals surface area contributed by atoms with E-state index >= 15 is 0 Å². The predicted octanol–water partition coefficient (Wildman–Crippen LogP) is 0.511. The Hall–Kier alpha value is -1.13. The smallest absolute Gasteiger partial charge is 0.128 e. The van der Waals surface area contributed by atoms with Gasteiger partial charge in [0.25, 0.3) is 0 Å². The third-order valence-electron chi connectivity index (χ3n) is 2.74. The Balaban J connectivity index is 2.08. The van der Waals surface area contributed by atoms with E-state index in [1.807, 2.05) is 13.1 Å². The normalized spacial score (nSPS) is 18.9. The zero-order chi connectivity index (χ0) is 10.7.